The minimum absolute atomic E-state index is 0.302. The standard InChI is InChI=1S/C12H12ClF2N3O2/c13-8-5-7(14)6-9(15)10(8)17-11(19)12(20)18-3-1-16-2-4-18/h5-6,16H,1-4H2,(H,17,19). The molecule has 0 spiro atoms. The molecule has 20 heavy (non-hydrogen) atoms. The molecular formula is C12H12ClF2N3O2. The van der Waals surface area contributed by atoms with E-state index in [2.05, 4.69) is 10.6 Å². The molecule has 1 fully saturated rings. The van der Waals surface area contributed by atoms with E-state index in [1.165, 1.54) is 4.90 Å². The first-order valence-corrected chi connectivity index (χ1v) is 6.32. The smallest absolute Gasteiger partial charge is 0.314 e. The lowest BCUT2D eigenvalue weighted by molar-refractivity contribution is -0.143. The summed E-state index contributed by atoms with van der Waals surface area (Å²) in [6.45, 7) is 1.97. The van der Waals surface area contributed by atoms with E-state index in [1.807, 2.05) is 0 Å². The number of carbonyl (C=O) groups is 2. The summed E-state index contributed by atoms with van der Waals surface area (Å²) in [6.07, 6.45) is 0. The van der Waals surface area contributed by atoms with Gasteiger partial charge in [0.15, 0.2) is 5.82 Å². The second kappa shape index (κ2) is 6.15. The van der Waals surface area contributed by atoms with Crippen LogP contribution in [0.25, 0.3) is 0 Å². The average Bonchev–Trinajstić information content (AvgIpc) is 2.42. The maximum absolute atomic E-state index is 13.5. The second-order valence-corrected chi connectivity index (χ2v) is 4.65. The third-order valence-corrected chi connectivity index (χ3v) is 3.14. The van der Waals surface area contributed by atoms with Gasteiger partial charge in [0.25, 0.3) is 0 Å². The van der Waals surface area contributed by atoms with E-state index in [-0.39, 0.29) is 5.02 Å². The SMILES string of the molecule is O=C(Nc1c(F)cc(F)cc1Cl)C(=O)N1CCNCC1. The summed E-state index contributed by atoms with van der Waals surface area (Å²) < 4.78 is 26.4. The maximum atomic E-state index is 13.5. The van der Waals surface area contributed by atoms with Crippen molar-refractivity contribution in [3.63, 3.8) is 0 Å². The fraction of sp³-hybridized carbons (Fsp3) is 0.333. The van der Waals surface area contributed by atoms with E-state index in [4.69, 9.17) is 11.6 Å². The highest BCUT2D eigenvalue weighted by Gasteiger charge is 2.24. The van der Waals surface area contributed by atoms with Crippen molar-refractivity contribution in [2.24, 2.45) is 0 Å². The van der Waals surface area contributed by atoms with Crippen molar-refractivity contribution < 1.29 is 18.4 Å². The second-order valence-electron chi connectivity index (χ2n) is 4.24. The molecule has 0 atom stereocenters. The highest BCUT2D eigenvalue weighted by molar-refractivity contribution is 6.41. The van der Waals surface area contributed by atoms with Gasteiger partial charge in [0.05, 0.1) is 10.7 Å². The molecule has 1 aliphatic heterocycles. The van der Waals surface area contributed by atoms with E-state index in [9.17, 15) is 18.4 Å². The van der Waals surface area contributed by atoms with E-state index in [0.29, 0.717) is 32.2 Å². The molecular weight excluding hydrogens is 292 g/mol. The van der Waals surface area contributed by atoms with Crippen LogP contribution in [0.3, 0.4) is 0 Å². The van der Waals surface area contributed by atoms with Gasteiger partial charge in [0.2, 0.25) is 0 Å². The van der Waals surface area contributed by atoms with Crippen molar-refractivity contribution in [3.8, 4) is 0 Å². The lowest BCUT2D eigenvalue weighted by Crippen LogP contribution is -2.50. The highest BCUT2D eigenvalue weighted by Crippen LogP contribution is 2.26. The van der Waals surface area contributed by atoms with Crippen LogP contribution in [0, 0.1) is 11.6 Å². The van der Waals surface area contributed by atoms with Gasteiger partial charge in [-0.25, -0.2) is 8.78 Å². The predicted molar refractivity (Wildman–Crippen MR) is 69.4 cm³/mol. The Morgan fingerprint density at radius 3 is 2.50 bits per heavy atom. The van der Waals surface area contributed by atoms with Crippen LogP contribution in [-0.2, 0) is 9.59 Å². The molecule has 2 rings (SSSR count). The molecule has 8 heteroatoms. The number of nitrogens with one attached hydrogen (secondary N) is 2. The van der Waals surface area contributed by atoms with E-state index in [0.717, 1.165) is 6.07 Å². The Morgan fingerprint density at radius 1 is 1.25 bits per heavy atom. The topological polar surface area (TPSA) is 61.4 Å². The van der Waals surface area contributed by atoms with E-state index in [1.54, 1.807) is 0 Å². The van der Waals surface area contributed by atoms with Gasteiger partial charge < -0.3 is 15.5 Å². The van der Waals surface area contributed by atoms with Crippen LogP contribution in [0.15, 0.2) is 12.1 Å². The molecule has 108 valence electrons. The number of amides is 2. The first-order valence-electron chi connectivity index (χ1n) is 5.94. The van der Waals surface area contributed by atoms with Crippen LogP contribution in [0.5, 0.6) is 0 Å². The number of carbonyl (C=O) groups excluding carboxylic acids is 2. The average molecular weight is 304 g/mol. The fourth-order valence-electron chi connectivity index (χ4n) is 1.84. The Morgan fingerprint density at radius 2 is 1.90 bits per heavy atom. The predicted octanol–water partition coefficient (Wildman–Crippen LogP) is 0.988. The van der Waals surface area contributed by atoms with Gasteiger partial charge in [0.1, 0.15) is 5.82 Å². The molecule has 1 aromatic rings. The zero-order valence-corrected chi connectivity index (χ0v) is 11.1. The molecule has 1 aromatic carbocycles. The number of hydrogen-bond donors (Lipinski definition) is 2. The Bertz CT molecular complexity index is 524. The normalized spacial score (nSPS) is 15.1. The summed E-state index contributed by atoms with van der Waals surface area (Å²) >= 11 is 5.64. The van der Waals surface area contributed by atoms with Crippen molar-refractivity contribution >= 4 is 29.1 Å². The molecule has 1 heterocycles. The molecule has 0 aliphatic carbocycles. The Labute approximate surface area is 118 Å². The zero-order chi connectivity index (χ0) is 14.7. The van der Waals surface area contributed by atoms with Crippen LogP contribution in [-0.4, -0.2) is 42.9 Å². The van der Waals surface area contributed by atoms with Gasteiger partial charge in [0, 0.05) is 32.2 Å². The third kappa shape index (κ3) is 3.23. The number of piperazine rings is 1. The van der Waals surface area contributed by atoms with Crippen molar-refractivity contribution in [2.45, 2.75) is 0 Å². The summed E-state index contributed by atoms with van der Waals surface area (Å²) in [5, 5.41) is 4.81. The molecule has 0 bridgehead atoms. The first-order chi connectivity index (χ1) is 9.49. The van der Waals surface area contributed by atoms with Gasteiger partial charge in [-0.1, -0.05) is 11.6 Å². The van der Waals surface area contributed by atoms with Crippen molar-refractivity contribution in [2.75, 3.05) is 31.5 Å². The number of benzene rings is 1. The zero-order valence-electron chi connectivity index (χ0n) is 10.4. The fourth-order valence-corrected chi connectivity index (χ4v) is 2.08. The molecule has 0 radical (unpaired) electrons. The monoisotopic (exact) mass is 303 g/mol. The minimum Gasteiger partial charge on any atom is -0.332 e. The quantitative estimate of drug-likeness (QED) is 0.761. The molecule has 1 aliphatic rings. The largest absolute Gasteiger partial charge is 0.332 e. The van der Waals surface area contributed by atoms with E-state index >= 15 is 0 Å². The summed E-state index contributed by atoms with van der Waals surface area (Å²) in [6, 6.07) is 1.44. The van der Waals surface area contributed by atoms with Crippen LogP contribution in [0.1, 0.15) is 0 Å². The number of nitrogens with zero attached hydrogens (tertiary/aromatic N) is 1. The van der Waals surface area contributed by atoms with E-state index < -0.39 is 29.1 Å². The van der Waals surface area contributed by atoms with Gasteiger partial charge in [-0.15, -0.1) is 0 Å². The number of rotatable bonds is 1. The van der Waals surface area contributed by atoms with Crippen molar-refractivity contribution in [1.82, 2.24) is 10.2 Å². The molecule has 0 saturated carbocycles. The van der Waals surface area contributed by atoms with Gasteiger partial charge in [-0.2, -0.15) is 0 Å². The first kappa shape index (κ1) is 14.7. The molecule has 2 amide bonds. The lowest BCUT2D eigenvalue weighted by atomic mass is 10.2. The Hall–Kier alpha value is -1.73. The van der Waals surface area contributed by atoms with Crippen molar-refractivity contribution in [3.05, 3.63) is 28.8 Å². The van der Waals surface area contributed by atoms with Crippen LogP contribution >= 0.6 is 11.6 Å². The number of anilines is 1. The number of halogens is 3. The molecule has 2 N–H and O–H groups in total. The third-order valence-electron chi connectivity index (χ3n) is 2.84. The summed E-state index contributed by atoms with van der Waals surface area (Å²) in [5.74, 6) is -3.67. The molecule has 1 saturated heterocycles. The Kier molecular flexibility index (Phi) is 4.51. The molecule has 0 unspecified atom stereocenters. The summed E-state index contributed by atoms with van der Waals surface area (Å²) in [7, 11) is 0. The van der Waals surface area contributed by atoms with Gasteiger partial charge in [-0.05, 0) is 6.07 Å². The van der Waals surface area contributed by atoms with Crippen molar-refractivity contribution in [1.29, 1.82) is 0 Å². The van der Waals surface area contributed by atoms with Gasteiger partial charge >= 0.3 is 11.8 Å². The van der Waals surface area contributed by atoms with Gasteiger partial charge in [-0.3, -0.25) is 9.59 Å². The minimum atomic E-state index is -1.03. The molecule has 5 nitrogen and oxygen atoms in total. The summed E-state index contributed by atoms with van der Waals surface area (Å²) in [5.41, 5.74) is -0.401. The highest BCUT2D eigenvalue weighted by atomic mass is 35.5. The Balaban J connectivity index is 2.09. The summed E-state index contributed by atoms with van der Waals surface area (Å²) in [4.78, 5) is 24.9. The van der Waals surface area contributed by atoms with Crippen LogP contribution < -0.4 is 10.6 Å². The molecule has 0 aromatic heterocycles. The lowest BCUT2D eigenvalue weighted by Gasteiger charge is -2.26. The number of hydrogen-bond acceptors (Lipinski definition) is 3. The maximum Gasteiger partial charge on any atom is 0.314 e. The van der Waals surface area contributed by atoms with Crippen LogP contribution in [0.2, 0.25) is 5.02 Å². The van der Waals surface area contributed by atoms with Crippen LogP contribution in [0.4, 0.5) is 14.5 Å².